The highest BCUT2D eigenvalue weighted by atomic mass is 16.5. The van der Waals surface area contributed by atoms with Gasteiger partial charge in [-0.15, -0.1) is 0 Å². The van der Waals surface area contributed by atoms with Crippen molar-refractivity contribution in [1.29, 1.82) is 0 Å². The maximum atomic E-state index is 13.2. The molecule has 2 aromatic heterocycles. The first-order chi connectivity index (χ1) is 14.1. The van der Waals surface area contributed by atoms with E-state index in [1.165, 1.54) is 0 Å². The average molecular weight is 386 g/mol. The summed E-state index contributed by atoms with van der Waals surface area (Å²) >= 11 is 0. The van der Waals surface area contributed by atoms with E-state index in [9.17, 15) is 4.79 Å². The zero-order valence-corrected chi connectivity index (χ0v) is 16.6. The van der Waals surface area contributed by atoms with Gasteiger partial charge < -0.3 is 10.1 Å². The van der Waals surface area contributed by atoms with Crippen LogP contribution in [0.15, 0.2) is 66.9 Å². The summed E-state index contributed by atoms with van der Waals surface area (Å²) in [5.41, 5.74) is 3.49. The van der Waals surface area contributed by atoms with Crippen LogP contribution in [0.1, 0.15) is 30.2 Å². The number of pyridine rings is 1. The molecular weight excluding hydrogens is 364 g/mol. The van der Waals surface area contributed by atoms with Crippen molar-refractivity contribution in [2.45, 2.75) is 19.9 Å². The minimum Gasteiger partial charge on any atom is -0.495 e. The molecule has 4 aromatic rings. The second-order valence-corrected chi connectivity index (χ2v) is 7.00. The number of hydrogen-bond acceptors (Lipinski definition) is 4. The molecule has 0 aliphatic rings. The van der Waals surface area contributed by atoms with Gasteiger partial charge in [0, 0.05) is 11.6 Å². The van der Waals surface area contributed by atoms with Crippen LogP contribution >= 0.6 is 0 Å². The van der Waals surface area contributed by atoms with Gasteiger partial charge in [-0.2, -0.15) is 5.10 Å². The Kier molecular flexibility index (Phi) is 4.99. The number of carbonyl (C=O) groups is 1. The van der Waals surface area contributed by atoms with E-state index < -0.39 is 0 Å². The number of fused-ring (bicyclic) bond motifs is 1. The molecule has 2 heterocycles. The number of benzene rings is 2. The molecule has 0 radical (unpaired) electrons. The van der Waals surface area contributed by atoms with Gasteiger partial charge in [-0.05, 0) is 32.0 Å². The number of methoxy groups -OCH3 is 1. The smallest absolute Gasteiger partial charge is 0.256 e. The van der Waals surface area contributed by atoms with Gasteiger partial charge in [-0.1, -0.05) is 42.5 Å². The number of rotatable bonds is 5. The maximum Gasteiger partial charge on any atom is 0.256 e. The average Bonchev–Trinajstić information content (AvgIpc) is 3.18. The quantitative estimate of drug-likeness (QED) is 0.527. The van der Waals surface area contributed by atoms with Gasteiger partial charge in [-0.3, -0.25) is 4.79 Å². The van der Waals surface area contributed by atoms with Crippen LogP contribution in [-0.2, 0) is 0 Å². The van der Waals surface area contributed by atoms with Crippen molar-refractivity contribution in [3.8, 4) is 17.0 Å². The van der Waals surface area contributed by atoms with Crippen molar-refractivity contribution < 1.29 is 9.53 Å². The summed E-state index contributed by atoms with van der Waals surface area (Å²) < 4.78 is 7.19. The Bertz CT molecular complexity index is 1170. The molecule has 0 spiro atoms. The van der Waals surface area contributed by atoms with Crippen molar-refractivity contribution in [2.24, 2.45) is 0 Å². The molecule has 1 N–H and O–H groups in total. The van der Waals surface area contributed by atoms with Gasteiger partial charge in [0.2, 0.25) is 0 Å². The van der Waals surface area contributed by atoms with E-state index in [-0.39, 0.29) is 11.9 Å². The first-order valence-corrected chi connectivity index (χ1v) is 9.46. The molecule has 6 nitrogen and oxygen atoms in total. The normalized spacial score (nSPS) is 11.0. The lowest BCUT2D eigenvalue weighted by Crippen LogP contribution is -2.14. The minimum atomic E-state index is -0.234. The van der Waals surface area contributed by atoms with E-state index in [0.29, 0.717) is 28.0 Å². The Hall–Kier alpha value is -3.67. The molecule has 6 heteroatoms. The molecule has 29 heavy (non-hydrogen) atoms. The van der Waals surface area contributed by atoms with Gasteiger partial charge in [0.15, 0.2) is 5.65 Å². The molecule has 0 unspecified atom stereocenters. The Morgan fingerprint density at radius 1 is 1.07 bits per heavy atom. The standard InChI is InChI=1S/C23H22N4O2/c1-15(2)27-22-18(14-24-27)17(13-20(25-22)16-9-5-4-6-10-16)23(28)26-19-11-7-8-12-21(19)29-3/h4-15H,1-3H3,(H,26,28). The Balaban J connectivity index is 1.85. The van der Waals surface area contributed by atoms with Crippen LogP contribution in [0, 0.1) is 0 Å². The van der Waals surface area contributed by atoms with Crippen LogP contribution in [0.25, 0.3) is 22.3 Å². The van der Waals surface area contributed by atoms with E-state index in [4.69, 9.17) is 9.72 Å². The van der Waals surface area contributed by atoms with Crippen LogP contribution in [0.2, 0.25) is 0 Å². The third kappa shape index (κ3) is 3.57. The third-order valence-electron chi connectivity index (χ3n) is 4.73. The number of para-hydroxylation sites is 2. The summed E-state index contributed by atoms with van der Waals surface area (Å²) in [6, 6.07) is 19.1. The fraction of sp³-hybridized carbons (Fsp3) is 0.174. The molecule has 0 bridgehead atoms. The molecule has 0 saturated heterocycles. The molecule has 0 fully saturated rings. The van der Waals surface area contributed by atoms with Gasteiger partial charge in [0.05, 0.1) is 35.6 Å². The summed E-state index contributed by atoms with van der Waals surface area (Å²) in [5.74, 6) is 0.370. The summed E-state index contributed by atoms with van der Waals surface area (Å²) in [4.78, 5) is 18.0. The van der Waals surface area contributed by atoms with Crippen LogP contribution in [0.4, 0.5) is 5.69 Å². The van der Waals surface area contributed by atoms with Gasteiger partial charge in [0.1, 0.15) is 5.75 Å². The number of hydrogen-bond donors (Lipinski definition) is 1. The van der Waals surface area contributed by atoms with Gasteiger partial charge in [0.25, 0.3) is 5.91 Å². The second kappa shape index (κ2) is 7.75. The second-order valence-electron chi connectivity index (χ2n) is 7.00. The lowest BCUT2D eigenvalue weighted by molar-refractivity contribution is 0.102. The molecular formula is C23H22N4O2. The van der Waals surface area contributed by atoms with Crippen molar-refractivity contribution in [3.05, 3.63) is 72.4 Å². The van der Waals surface area contributed by atoms with Crippen molar-refractivity contribution in [1.82, 2.24) is 14.8 Å². The van der Waals surface area contributed by atoms with E-state index >= 15 is 0 Å². The molecule has 2 aromatic carbocycles. The Morgan fingerprint density at radius 3 is 2.52 bits per heavy atom. The number of aromatic nitrogens is 3. The Labute approximate surface area is 169 Å². The molecule has 0 aliphatic carbocycles. The summed E-state index contributed by atoms with van der Waals surface area (Å²) in [6.07, 6.45) is 1.70. The van der Waals surface area contributed by atoms with E-state index in [0.717, 1.165) is 11.3 Å². The largest absolute Gasteiger partial charge is 0.495 e. The first-order valence-electron chi connectivity index (χ1n) is 9.46. The number of nitrogens with one attached hydrogen (secondary N) is 1. The fourth-order valence-electron chi connectivity index (χ4n) is 3.28. The van der Waals surface area contributed by atoms with Crippen LogP contribution in [0.5, 0.6) is 5.75 Å². The molecule has 4 rings (SSSR count). The SMILES string of the molecule is COc1ccccc1NC(=O)c1cc(-c2ccccc2)nc2c1cnn2C(C)C. The maximum absolute atomic E-state index is 13.2. The number of ether oxygens (including phenoxy) is 1. The van der Waals surface area contributed by atoms with E-state index in [2.05, 4.69) is 10.4 Å². The number of anilines is 1. The fourth-order valence-corrected chi connectivity index (χ4v) is 3.28. The number of amides is 1. The summed E-state index contributed by atoms with van der Waals surface area (Å²) in [6.45, 7) is 4.08. The van der Waals surface area contributed by atoms with E-state index in [1.54, 1.807) is 13.3 Å². The highest BCUT2D eigenvalue weighted by Gasteiger charge is 2.19. The highest BCUT2D eigenvalue weighted by Crippen LogP contribution is 2.28. The predicted octanol–water partition coefficient (Wildman–Crippen LogP) is 4.94. The molecule has 1 amide bonds. The summed E-state index contributed by atoms with van der Waals surface area (Å²) in [7, 11) is 1.58. The Morgan fingerprint density at radius 2 is 1.79 bits per heavy atom. The van der Waals surface area contributed by atoms with Crippen molar-refractivity contribution in [2.75, 3.05) is 12.4 Å². The monoisotopic (exact) mass is 386 g/mol. The topological polar surface area (TPSA) is 69.0 Å². The van der Waals surface area contributed by atoms with Gasteiger partial charge in [-0.25, -0.2) is 9.67 Å². The number of nitrogens with zero attached hydrogens (tertiary/aromatic N) is 3. The molecule has 0 saturated carbocycles. The van der Waals surface area contributed by atoms with Crippen LogP contribution in [0.3, 0.4) is 0 Å². The van der Waals surface area contributed by atoms with Crippen molar-refractivity contribution in [3.63, 3.8) is 0 Å². The first kappa shape index (κ1) is 18.7. The zero-order valence-electron chi connectivity index (χ0n) is 16.6. The lowest BCUT2D eigenvalue weighted by Gasteiger charge is -2.12. The lowest BCUT2D eigenvalue weighted by atomic mass is 10.1. The minimum absolute atomic E-state index is 0.121. The van der Waals surface area contributed by atoms with Crippen LogP contribution in [-0.4, -0.2) is 27.8 Å². The van der Waals surface area contributed by atoms with Crippen molar-refractivity contribution >= 4 is 22.6 Å². The van der Waals surface area contributed by atoms with Crippen LogP contribution < -0.4 is 10.1 Å². The van der Waals surface area contributed by atoms with E-state index in [1.807, 2.05) is 79.2 Å². The zero-order chi connectivity index (χ0) is 20.4. The predicted molar refractivity (Wildman–Crippen MR) is 114 cm³/mol. The molecule has 0 atom stereocenters. The summed E-state index contributed by atoms with van der Waals surface area (Å²) in [5, 5.41) is 8.13. The highest BCUT2D eigenvalue weighted by molar-refractivity contribution is 6.13. The third-order valence-corrected chi connectivity index (χ3v) is 4.73. The molecule has 146 valence electrons. The number of carbonyl (C=O) groups excluding carboxylic acids is 1. The molecule has 0 aliphatic heterocycles. The van der Waals surface area contributed by atoms with Gasteiger partial charge >= 0.3 is 0 Å².